The summed E-state index contributed by atoms with van der Waals surface area (Å²) in [6.07, 6.45) is 0.890. The van der Waals surface area contributed by atoms with E-state index in [1.165, 1.54) is 11.8 Å². The van der Waals surface area contributed by atoms with Gasteiger partial charge in [0.15, 0.2) is 5.96 Å². The highest BCUT2D eigenvalue weighted by atomic mass is 35.5. The van der Waals surface area contributed by atoms with E-state index < -0.39 is 144 Å². The maximum Gasteiger partial charge on any atom is 0.327 e. The maximum atomic E-state index is 15.2. The monoisotopic (exact) mass is 1410 g/mol. The number of aliphatic carboxylic acids is 1. The zero-order valence-electron chi connectivity index (χ0n) is 54.2. The Morgan fingerprint density at radius 2 is 1.34 bits per heavy atom. The number of hydrogen-bond donors (Lipinski definition) is 16. The number of guanidine groups is 1. The number of para-hydroxylation sites is 1. The van der Waals surface area contributed by atoms with E-state index in [1.54, 1.807) is 80.7 Å². The quantitative estimate of drug-likeness (QED) is 0.00619. The van der Waals surface area contributed by atoms with Crippen molar-refractivity contribution >= 4 is 132 Å². The number of aromatic nitrogens is 1. The molecule has 2 saturated heterocycles. The standard InChI is InChI=1S/C65H84ClN17O13S2/c1-34(2)24-45(55(86)74-44(14-8-22-71-65(68)69)63(94)83-23-9-15-53(83)62(93)80-50(30-67)64(95)96)75-57(88)47(27-37-16-19-38-10-4-5-11-39(38)25-37)77-61(92)52-33-98-97-32-51(73-35(3)84)60(91)76-46(26-36-17-20-41(66)21-18-36)56(87)78-48(28-40-31-72-43-13-7-6-12-42(40)43)58(89)79-49(59(90)81-52)29-54(85)82-70/h4-7,10-13,16-21,25,31,34,44-53,72H,8-9,14-15,22-24,26-30,32-33,67,70H2,1-3H3,(H,73,84)(H,74,86)(H,75,88)(H,76,91)(H,77,92)(H,78,87)(H,79,89)(H,80,93)(H,81,90)(H,82,85)(H,95,96)(H4,68,69,71)/t44-,45-,46+,47+,48+,49-,50-,51-,52-,53-/m0/s1. The summed E-state index contributed by atoms with van der Waals surface area (Å²) in [6.45, 7) is 4.45. The number of nitrogens with zero attached hydrogens (tertiary/aromatic N) is 2. The molecule has 30 nitrogen and oxygen atoms in total. The molecule has 10 atom stereocenters. The lowest BCUT2D eigenvalue weighted by molar-refractivity contribution is -0.145. The van der Waals surface area contributed by atoms with Crippen LogP contribution in [-0.2, 0) is 76.8 Å². The van der Waals surface area contributed by atoms with Gasteiger partial charge in [-0.2, -0.15) is 0 Å². The van der Waals surface area contributed by atoms with Crippen LogP contribution in [0.25, 0.3) is 21.7 Å². The maximum absolute atomic E-state index is 15.2. The minimum absolute atomic E-state index is 0.0175. The van der Waals surface area contributed by atoms with E-state index in [9.17, 15) is 53.1 Å². The molecule has 3 heterocycles. The highest BCUT2D eigenvalue weighted by Gasteiger charge is 2.41. The molecule has 1 aromatic heterocycles. The Morgan fingerprint density at radius 3 is 2.02 bits per heavy atom. The summed E-state index contributed by atoms with van der Waals surface area (Å²) in [7, 11) is 1.96. The lowest BCUT2D eigenvalue weighted by Gasteiger charge is -2.31. The van der Waals surface area contributed by atoms with Gasteiger partial charge in [0.05, 0.1) is 6.42 Å². The first-order valence-corrected chi connectivity index (χ1v) is 34.7. The van der Waals surface area contributed by atoms with E-state index in [4.69, 9.17) is 34.6 Å². The minimum Gasteiger partial charge on any atom is -0.480 e. The number of benzene rings is 4. The van der Waals surface area contributed by atoms with Gasteiger partial charge < -0.3 is 80.0 Å². The number of carboxylic acid groups (broad SMARTS) is 1. The number of nitrogens with one attached hydrogen (secondary N) is 11. The van der Waals surface area contributed by atoms with E-state index in [0.29, 0.717) is 39.0 Å². The van der Waals surface area contributed by atoms with Crippen LogP contribution in [0.3, 0.4) is 0 Å². The first-order chi connectivity index (χ1) is 46.8. The Bertz CT molecular complexity index is 3750. The summed E-state index contributed by atoms with van der Waals surface area (Å²) in [5.74, 6) is -6.24. The smallest absolute Gasteiger partial charge is 0.327 e. The van der Waals surface area contributed by atoms with Crippen molar-refractivity contribution in [2.75, 3.05) is 31.1 Å². The second-order valence-corrected chi connectivity index (χ2v) is 27.2. The fourth-order valence-electron chi connectivity index (χ4n) is 11.3. The molecule has 5 aromatic rings. The fourth-order valence-corrected chi connectivity index (χ4v) is 13.7. The zero-order valence-corrected chi connectivity index (χ0v) is 56.6. The van der Waals surface area contributed by atoms with Crippen LogP contribution in [0.2, 0.25) is 5.02 Å². The van der Waals surface area contributed by atoms with Gasteiger partial charge in [0.1, 0.15) is 60.4 Å². The van der Waals surface area contributed by atoms with E-state index in [2.05, 4.69) is 57.8 Å². The molecule has 2 fully saturated rings. The van der Waals surface area contributed by atoms with Crippen molar-refractivity contribution < 1.29 is 62.6 Å². The van der Waals surface area contributed by atoms with Crippen LogP contribution in [0.4, 0.5) is 0 Å². The number of amides is 11. The third-order valence-corrected chi connectivity index (χ3v) is 18.9. The molecule has 2 aliphatic heterocycles. The van der Waals surface area contributed by atoms with Gasteiger partial charge in [-0.15, -0.1) is 0 Å². The van der Waals surface area contributed by atoms with Gasteiger partial charge in [0, 0.05) is 79.4 Å². The molecule has 0 saturated carbocycles. The second kappa shape index (κ2) is 36.7. The van der Waals surface area contributed by atoms with E-state index in [1.807, 2.05) is 35.8 Å². The predicted octanol–water partition coefficient (Wildman–Crippen LogP) is -0.706. The molecule has 2 aliphatic rings. The molecule has 4 aromatic carbocycles. The van der Waals surface area contributed by atoms with E-state index in [0.717, 1.165) is 32.4 Å². The summed E-state index contributed by atoms with van der Waals surface area (Å²) in [5.41, 5.74) is 21.1. The Kier molecular flexibility index (Phi) is 28.4. The average molecular weight is 1410 g/mol. The number of fused-ring (bicyclic) bond motifs is 2. The van der Waals surface area contributed by atoms with Gasteiger partial charge in [-0.3, -0.25) is 63.2 Å². The Hall–Kier alpha value is -9.50. The van der Waals surface area contributed by atoms with Gasteiger partial charge in [0.2, 0.25) is 65.0 Å². The highest BCUT2D eigenvalue weighted by molar-refractivity contribution is 8.76. The van der Waals surface area contributed by atoms with Gasteiger partial charge in [0.25, 0.3) is 0 Å². The number of aromatic amines is 1. The summed E-state index contributed by atoms with van der Waals surface area (Å²) < 4.78 is 0. The Labute approximate surface area is 577 Å². The number of carboxylic acids is 1. The summed E-state index contributed by atoms with van der Waals surface area (Å²) in [5, 5.41) is 36.4. The predicted molar refractivity (Wildman–Crippen MR) is 371 cm³/mol. The minimum atomic E-state index is -1.80. The Balaban J connectivity index is 1.23. The molecule has 98 heavy (non-hydrogen) atoms. The molecule has 0 bridgehead atoms. The number of likely N-dealkylation sites (tertiary alicyclic amines) is 1. The van der Waals surface area contributed by atoms with Gasteiger partial charge >= 0.3 is 5.97 Å². The zero-order chi connectivity index (χ0) is 71.2. The van der Waals surface area contributed by atoms with Gasteiger partial charge in [-0.05, 0) is 83.7 Å². The number of carbonyl (C=O) groups is 12. The number of hydrogen-bond acceptors (Lipinski definition) is 17. The van der Waals surface area contributed by atoms with Gasteiger partial charge in [-0.1, -0.05) is 120 Å². The number of halogens is 1. The number of nitrogens with two attached hydrogens (primary N) is 4. The lowest BCUT2D eigenvalue weighted by atomic mass is 9.99. The van der Waals surface area contributed by atoms with Crippen LogP contribution < -0.4 is 76.3 Å². The van der Waals surface area contributed by atoms with Crippen LogP contribution in [0.15, 0.2) is 102 Å². The van der Waals surface area contributed by atoms with Crippen LogP contribution >= 0.6 is 33.2 Å². The number of hydrazine groups is 1. The third kappa shape index (κ3) is 22.3. The average Bonchev–Trinajstić information content (AvgIpc) is 1.56. The summed E-state index contributed by atoms with van der Waals surface area (Å²) in [4.78, 5) is 178. The molecule has 33 heteroatoms. The van der Waals surface area contributed by atoms with Crippen molar-refractivity contribution in [3.05, 3.63) is 119 Å². The molecular formula is C65H84ClN17O13S2. The number of H-pyrrole nitrogens is 1. The molecule has 0 unspecified atom stereocenters. The van der Waals surface area contributed by atoms with Crippen molar-refractivity contribution in [2.24, 2.45) is 34.0 Å². The third-order valence-electron chi connectivity index (χ3n) is 16.3. The van der Waals surface area contributed by atoms with Crippen molar-refractivity contribution in [1.29, 1.82) is 0 Å². The van der Waals surface area contributed by atoms with Crippen molar-refractivity contribution in [3.63, 3.8) is 0 Å². The topological polar surface area (TPSA) is 481 Å². The highest BCUT2D eigenvalue weighted by Crippen LogP contribution is 2.26. The van der Waals surface area contributed by atoms with E-state index >= 15 is 9.59 Å². The molecular weight excluding hydrogens is 1330 g/mol. The second-order valence-electron chi connectivity index (χ2n) is 24.2. The van der Waals surface area contributed by atoms with Crippen LogP contribution in [0.5, 0.6) is 0 Å². The number of carbonyl (C=O) groups excluding carboxylic acids is 11. The van der Waals surface area contributed by atoms with E-state index in [-0.39, 0.29) is 81.4 Å². The van der Waals surface area contributed by atoms with Gasteiger partial charge in [-0.25, -0.2) is 10.6 Å². The SMILES string of the molecule is CC(=O)N[C@H]1CSSC[C@@H](C(=O)N[C@H](Cc2ccc3ccccc3c2)C(=O)N[C@@H](CC(C)C)C(=O)N[C@@H](CCCN=C(N)N)C(=O)N2CCC[C@H]2C(=O)N[C@@H](CN)C(=O)O)NC(=O)[C@H](CC(=O)NN)NC(=O)[C@@H](Cc2c[nH]c3ccccc23)NC(=O)[C@@H](Cc2ccc(Cl)cc2)NC1=O. The lowest BCUT2D eigenvalue weighted by Crippen LogP contribution is -2.61. The fraction of sp³-hybridized carbons (Fsp3) is 0.431. The Morgan fingerprint density at radius 1 is 0.714 bits per heavy atom. The molecule has 7 rings (SSSR count). The number of aliphatic imine (C=N–C) groups is 1. The molecule has 11 amide bonds. The van der Waals surface area contributed by atoms with Crippen LogP contribution in [0, 0.1) is 5.92 Å². The first-order valence-electron chi connectivity index (χ1n) is 31.8. The van der Waals surface area contributed by atoms with Crippen molar-refractivity contribution in [3.8, 4) is 0 Å². The molecule has 0 spiro atoms. The first kappa shape index (κ1) is 75.9. The summed E-state index contributed by atoms with van der Waals surface area (Å²) in [6, 6.07) is 11.8. The molecule has 20 N–H and O–H groups in total. The van der Waals surface area contributed by atoms with Crippen molar-refractivity contribution in [2.45, 2.75) is 139 Å². The molecule has 0 aliphatic carbocycles. The normalized spacial score (nSPS) is 20.0. The van der Waals surface area contributed by atoms with Crippen molar-refractivity contribution in [1.82, 2.24) is 63.2 Å². The summed E-state index contributed by atoms with van der Waals surface area (Å²) >= 11 is 6.21. The molecule has 0 radical (unpaired) electrons. The van der Waals surface area contributed by atoms with Crippen LogP contribution in [0.1, 0.15) is 76.0 Å². The number of rotatable bonds is 26. The molecule has 526 valence electrons. The largest absolute Gasteiger partial charge is 0.480 e. The van der Waals surface area contributed by atoms with Crippen LogP contribution in [-0.4, -0.2) is 183 Å².